The van der Waals surface area contributed by atoms with E-state index in [-0.39, 0.29) is 11.8 Å². The monoisotopic (exact) mass is 358 g/mol. The molecule has 0 unspecified atom stereocenters. The fourth-order valence-electron chi connectivity index (χ4n) is 3.71. The first-order valence-corrected chi connectivity index (χ1v) is 10.0. The van der Waals surface area contributed by atoms with Gasteiger partial charge in [-0.25, -0.2) is 0 Å². The van der Waals surface area contributed by atoms with Gasteiger partial charge < -0.3 is 15.3 Å². The van der Waals surface area contributed by atoms with E-state index in [1.54, 1.807) is 6.08 Å². The van der Waals surface area contributed by atoms with Crippen molar-refractivity contribution in [2.75, 3.05) is 0 Å². The molecule has 0 radical (unpaired) electrons. The fraction of sp³-hybridized carbons (Fsp3) is 0.565. The second-order valence-corrected chi connectivity index (χ2v) is 7.44. The highest BCUT2D eigenvalue weighted by Crippen LogP contribution is 2.36. The molecule has 0 aliphatic heterocycles. The first-order valence-electron chi connectivity index (χ1n) is 10.0. The van der Waals surface area contributed by atoms with Crippen LogP contribution in [0.25, 0.3) is 0 Å². The van der Waals surface area contributed by atoms with Crippen LogP contribution in [0.1, 0.15) is 51.0 Å². The van der Waals surface area contributed by atoms with Crippen LogP contribution in [-0.2, 0) is 6.42 Å². The summed E-state index contributed by atoms with van der Waals surface area (Å²) in [6.07, 6.45) is 12.6. The Bertz CT molecular complexity index is 552. The molecule has 1 fully saturated rings. The molecule has 3 heteroatoms. The summed E-state index contributed by atoms with van der Waals surface area (Å²) in [6.45, 7) is 2.18. The van der Waals surface area contributed by atoms with Crippen molar-refractivity contribution in [3.63, 3.8) is 0 Å². The predicted molar refractivity (Wildman–Crippen MR) is 107 cm³/mol. The Morgan fingerprint density at radius 3 is 2.62 bits per heavy atom. The highest BCUT2D eigenvalue weighted by molar-refractivity contribution is 5.15. The van der Waals surface area contributed by atoms with Crippen LogP contribution in [-0.4, -0.2) is 33.6 Å². The van der Waals surface area contributed by atoms with Crippen LogP contribution in [0.2, 0.25) is 0 Å². The Labute approximate surface area is 158 Å². The summed E-state index contributed by atoms with van der Waals surface area (Å²) in [7, 11) is 0. The number of unbranched alkanes of at least 4 members (excludes halogenated alkanes) is 2. The lowest BCUT2D eigenvalue weighted by Crippen LogP contribution is -2.20. The minimum Gasteiger partial charge on any atom is -0.393 e. The Morgan fingerprint density at radius 1 is 1.12 bits per heavy atom. The van der Waals surface area contributed by atoms with E-state index in [0.29, 0.717) is 12.8 Å². The van der Waals surface area contributed by atoms with Crippen molar-refractivity contribution in [2.24, 2.45) is 11.8 Å². The van der Waals surface area contributed by atoms with Crippen LogP contribution in [0.4, 0.5) is 0 Å². The number of aliphatic hydroxyl groups is 3. The van der Waals surface area contributed by atoms with Crippen molar-refractivity contribution in [3.05, 3.63) is 60.2 Å². The largest absolute Gasteiger partial charge is 0.393 e. The molecule has 144 valence electrons. The Kier molecular flexibility index (Phi) is 9.10. The third kappa shape index (κ3) is 6.71. The topological polar surface area (TPSA) is 60.7 Å². The van der Waals surface area contributed by atoms with E-state index < -0.39 is 18.3 Å². The van der Waals surface area contributed by atoms with Gasteiger partial charge in [-0.05, 0) is 37.2 Å². The molecule has 0 spiro atoms. The van der Waals surface area contributed by atoms with E-state index in [4.69, 9.17) is 0 Å². The summed E-state index contributed by atoms with van der Waals surface area (Å²) in [5, 5.41) is 30.8. The van der Waals surface area contributed by atoms with Gasteiger partial charge in [0.25, 0.3) is 0 Å². The molecule has 0 aromatic heterocycles. The van der Waals surface area contributed by atoms with Crippen LogP contribution in [0.15, 0.2) is 54.6 Å². The maximum atomic E-state index is 10.3. The van der Waals surface area contributed by atoms with Gasteiger partial charge >= 0.3 is 0 Å². The van der Waals surface area contributed by atoms with Crippen LogP contribution in [0, 0.1) is 11.8 Å². The number of aryl methyl sites for hydroxylation is 1. The van der Waals surface area contributed by atoms with Crippen LogP contribution < -0.4 is 0 Å². The SMILES string of the molecule is CCCC/C=C\C[C@@H]1[C@@H](/C=C/[C@@H](O)CCc2ccccc2)[C@H](O)C[C@@H]1O. The van der Waals surface area contributed by atoms with Crippen molar-refractivity contribution < 1.29 is 15.3 Å². The van der Waals surface area contributed by atoms with Gasteiger partial charge in [0.05, 0.1) is 18.3 Å². The lowest BCUT2D eigenvalue weighted by atomic mass is 9.89. The molecule has 1 saturated carbocycles. The van der Waals surface area contributed by atoms with Crippen LogP contribution >= 0.6 is 0 Å². The van der Waals surface area contributed by atoms with Gasteiger partial charge in [0, 0.05) is 12.3 Å². The molecule has 3 nitrogen and oxygen atoms in total. The van der Waals surface area contributed by atoms with Gasteiger partial charge in [-0.1, -0.05) is 74.4 Å². The van der Waals surface area contributed by atoms with E-state index in [1.165, 1.54) is 18.4 Å². The van der Waals surface area contributed by atoms with Crippen molar-refractivity contribution in [1.29, 1.82) is 0 Å². The first kappa shape index (κ1) is 20.9. The summed E-state index contributed by atoms with van der Waals surface area (Å²) < 4.78 is 0. The zero-order chi connectivity index (χ0) is 18.8. The molecule has 1 aromatic rings. The fourth-order valence-corrected chi connectivity index (χ4v) is 3.71. The molecular weight excluding hydrogens is 324 g/mol. The average Bonchev–Trinajstić information content (AvgIpc) is 2.91. The number of benzene rings is 1. The van der Waals surface area contributed by atoms with Gasteiger partial charge in [0.1, 0.15) is 0 Å². The number of aliphatic hydroxyl groups excluding tert-OH is 3. The molecule has 0 bridgehead atoms. The standard InChI is InChI=1S/C23H34O3/c1-2-3-4-5-9-12-20-21(23(26)17-22(20)25)16-15-19(24)14-13-18-10-7-6-8-11-18/h5-11,15-16,19-26H,2-4,12-14,17H2,1H3/b9-5-,16-15+/t19-,20+,21+,22-,23+/m0/s1. The first-order chi connectivity index (χ1) is 12.6. The number of hydrogen-bond donors (Lipinski definition) is 3. The highest BCUT2D eigenvalue weighted by atomic mass is 16.3. The van der Waals surface area contributed by atoms with Crippen molar-refractivity contribution in [2.45, 2.75) is 70.2 Å². The normalized spacial score (nSPS) is 27.5. The van der Waals surface area contributed by atoms with Gasteiger partial charge in [-0.3, -0.25) is 0 Å². The quantitative estimate of drug-likeness (QED) is 0.437. The van der Waals surface area contributed by atoms with E-state index in [2.05, 4.69) is 31.2 Å². The summed E-state index contributed by atoms with van der Waals surface area (Å²) >= 11 is 0. The molecule has 3 N–H and O–H groups in total. The molecular formula is C23H34O3. The molecule has 2 rings (SSSR count). The van der Waals surface area contributed by atoms with Gasteiger partial charge in [0.2, 0.25) is 0 Å². The van der Waals surface area contributed by atoms with Crippen molar-refractivity contribution >= 4 is 0 Å². The third-order valence-corrected chi connectivity index (χ3v) is 5.34. The van der Waals surface area contributed by atoms with E-state index in [0.717, 1.165) is 19.3 Å². The zero-order valence-electron chi connectivity index (χ0n) is 15.9. The Morgan fingerprint density at radius 2 is 1.88 bits per heavy atom. The minimum absolute atomic E-state index is 0.0282. The smallest absolute Gasteiger partial charge is 0.0724 e. The molecule has 1 aromatic carbocycles. The molecule has 1 aliphatic carbocycles. The number of allylic oxidation sites excluding steroid dienone is 2. The lowest BCUT2D eigenvalue weighted by Gasteiger charge is -2.19. The molecule has 0 amide bonds. The highest BCUT2D eigenvalue weighted by Gasteiger charge is 2.39. The maximum absolute atomic E-state index is 10.3. The summed E-state index contributed by atoms with van der Waals surface area (Å²) in [5.41, 5.74) is 1.21. The van der Waals surface area contributed by atoms with Gasteiger partial charge in [-0.2, -0.15) is 0 Å². The third-order valence-electron chi connectivity index (χ3n) is 5.34. The molecule has 1 aliphatic rings. The minimum atomic E-state index is -0.531. The molecule has 26 heavy (non-hydrogen) atoms. The van der Waals surface area contributed by atoms with E-state index in [9.17, 15) is 15.3 Å². The lowest BCUT2D eigenvalue weighted by molar-refractivity contribution is 0.120. The van der Waals surface area contributed by atoms with E-state index in [1.807, 2.05) is 24.3 Å². The van der Waals surface area contributed by atoms with Gasteiger partial charge in [0.15, 0.2) is 0 Å². The summed E-state index contributed by atoms with van der Waals surface area (Å²) in [6, 6.07) is 10.1. The average molecular weight is 359 g/mol. The summed E-state index contributed by atoms with van der Waals surface area (Å²) in [5.74, 6) is -0.0624. The number of rotatable bonds is 10. The second-order valence-electron chi connectivity index (χ2n) is 7.44. The van der Waals surface area contributed by atoms with Crippen molar-refractivity contribution in [1.82, 2.24) is 0 Å². The van der Waals surface area contributed by atoms with Gasteiger partial charge in [-0.15, -0.1) is 0 Å². The second kappa shape index (κ2) is 11.3. The van der Waals surface area contributed by atoms with Crippen LogP contribution in [0.5, 0.6) is 0 Å². The molecule has 0 heterocycles. The van der Waals surface area contributed by atoms with Crippen molar-refractivity contribution in [3.8, 4) is 0 Å². The number of hydrogen-bond acceptors (Lipinski definition) is 3. The molecule has 5 atom stereocenters. The summed E-state index contributed by atoms with van der Waals surface area (Å²) in [4.78, 5) is 0. The Hall–Kier alpha value is -1.42. The predicted octanol–water partition coefficient (Wildman–Crippen LogP) is 4.03. The Balaban J connectivity index is 1.85. The molecule has 0 saturated heterocycles. The van der Waals surface area contributed by atoms with Crippen LogP contribution in [0.3, 0.4) is 0 Å². The zero-order valence-corrected chi connectivity index (χ0v) is 15.9. The van der Waals surface area contributed by atoms with E-state index >= 15 is 0 Å². The maximum Gasteiger partial charge on any atom is 0.0724 e.